The molecule has 3 aromatic rings. The number of aromatic nitrogens is 2. The highest BCUT2D eigenvalue weighted by molar-refractivity contribution is 6.04. The van der Waals surface area contributed by atoms with Gasteiger partial charge in [0.1, 0.15) is 0 Å². The Balaban J connectivity index is 1.71. The average molecular weight is 375 g/mol. The molecule has 0 bridgehead atoms. The van der Waals surface area contributed by atoms with Crippen molar-refractivity contribution in [2.45, 2.75) is 19.3 Å². The number of alkyl halides is 3. The monoisotopic (exact) mass is 375 g/mol. The molecule has 0 atom stereocenters. The van der Waals surface area contributed by atoms with Crippen molar-refractivity contribution >= 4 is 11.7 Å². The highest BCUT2D eigenvalue weighted by Crippen LogP contribution is 2.29. The molecule has 0 saturated heterocycles. The van der Waals surface area contributed by atoms with Crippen molar-refractivity contribution in [1.82, 2.24) is 9.55 Å². The number of imidazole rings is 1. The summed E-state index contributed by atoms with van der Waals surface area (Å²) in [5.41, 5.74) is 0.561. The largest absolute Gasteiger partial charge is 0.416 e. The fourth-order valence-electron chi connectivity index (χ4n) is 2.63. The van der Waals surface area contributed by atoms with Gasteiger partial charge in [0, 0.05) is 18.3 Å². The van der Waals surface area contributed by atoms with Crippen LogP contribution in [-0.2, 0) is 19.3 Å². The Bertz CT molecular complexity index is 951. The molecular formula is C19H16F3N3O2. The minimum Gasteiger partial charge on any atom is -0.392 e. The second-order valence-corrected chi connectivity index (χ2v) is 5.90. The van der Waals surface area contributed by atoms with E-state index in [2.05, 4.69) is 10.3 Å². The Labute approximate surface area is 153 Å². The van der Waals surface area contributed by atoms with E-state index in [0.717, 1.165) is 12.1 Å². The van der Waals surface area contributed by atoms with E-state index in [1.54, 1.807) is 34.9 Å². The molecule has 0 radical (unpaired) electrons. The maximum atomic E-state index is 12.8. The van der Waals surface area contributed by atoms with Gasteiger partial charge in [-0.05, 0) is 29.3 Å². The number of carbonyl (C=O) groups is 1. The fourth-order valence-corrected chi connectivity index (χ4v) is 2.63. The average Bonchev–Trinajstić information content (AvgIpc) is 3.08. The molecule has 2 aromatic carbocycles. The van der Waals surface area contributed by atoms with Gasteiger partial charge in [0.2, 0.25) is 0 Å². The van der Waals surface area contributed by atoms with Gasteiger partial charge in [-0.2, -0.15) is 13.2 Å². The molecule has 0 aliphatic rings. The summed E-state index contributed by atoms with van der Waals surface area (Å²) in [7, 11) is 0. The minimum absolute atomic E-state index is 0.181. The summed E-state index contributed by atoms with van der Waals surface area (Å²) < 4.78 is 40.0. The van der Waals surface area contributed by atoms with Crippen LogP contribution in [0.5, 0.6) is 0 Å². The first kappa shape index (κ1) is 18.7. The highest BCUT2D eigenvalue weighted by atomic mass is 19.4. The van der Waals surface area contributed by atoms with Crippen LogP contribution < -0.4 is 5.32 Å². The van der Waals surface area contributed by atoms with Gasteiger partial charge in [-0.15, -0.1) is 0 Å². The summed E-state index contributed by atoms with van der Waals surface area (Å²) >= 11 is 0. The zero-order chi connectivity index (χ0) is 19.4. The van der Waals surface area contributed by atoms with Gasteiger partial charge >= 0.3 is 6.18 Å². The van der Waals surface area contributed by atoms with E-state index in [1.807, 2.05) is 0 Å². The van der Waals surface area contributed by atoms with Gasteiger partial charge in [0.25, 0.3) is 5.91 Å². The number of carbonyl (C=O) groups excluding carboxylic acids is 1. The van der Waals surface area contributed by atoms with Crippen LogP contribution in [0.25, 0.3) is 0 Å². The van der Waals surface area contributed by atoms with Gasteiger partial charge in [-0.3, -0.25) is 4.79 Å². The van der Waals surface area contributed by atoms with Gasteiger partial charge in [0.05, 0.1) is 18.5 Å². The summed E-state index contributed by atoms with van der Waals surface area (Å²) in [6, 6.07) is 11.7. The van der Waals surface area contributed by atoms with Crippen molar-refractivity contribution < 1.29 is 23.1 Å². The first-order valence-corrected chi connectivity index (χ1v) is 8.05. The van der Waals surface area contributed by atoms with E-state index in [-0.39, 0.29) is 19.0 Å². The molecule has 0 aliphatic carbocycles. The second-order valence-electron chi connectivity index (χ2n) is 5.90. The lowest BCUT2D eigenvalue weighted by Gasteiger charge is -2.09. The number of nitrogens with zero attached hydrogens (tertiary/aromatic N) is 2. The van der Waals surface area contributed by atoms with Crippen molar-refractivity contribution in [3.05, 3.63) is 83.3 Å². The topological polar surface area (TPSA) is 67.2 Å². The third kappa shape index (κ3) is 4.53. The molecule has 0 fully saturated rings. The summed E-state index contributed by atoms with van der Waals surface area (Å²) in [6.07, 6.45) is -1.45. The third-order valence-corrected chi connectivity index (χ3v) is 3.93. The van der Waals surface area contributed by atoms with Crippen molar-refractivity contribution in [1.29, 1.82) is 0 Å². The number of anilines is 1. The number of hydrogen-bond donors (Lipinski definition) is 2. The summed E-state index contributed by atoms with van der Waals surface area (Å²) in [6.45, 7) is -0.0897. The van der Waals surface area contributed by atoms with Crippen molar-refractivity contribution in [2.24, 2.45) is 0 Å². The van der Waals surface area contributed by atoms with Crippen LogP contribution in [0.3, 0.4) is 0 Å². The number of hydrogen-bond acceptors (Lipinski definition) is 3. The van der Waals surface area contributed by atoms with Crippen LogP contribution >= 0.6 is 0 Å². The highest BCUT2D eigenvalue weighted by Gasteiger charge is 2.30. The first-order chi connectivity index (χ1) is 12.9. The van der Waals surface area contributed by atoms with Crippen LogP contribution in [-0.4, -0.2) is 20.6 Å². The summed E-state index contributed by atoms with van der Waals surface area (Å²) in [5, 5.41) is 11.9. The molecule has 1 aromatic heterocycles. The summed E-state index contributed by atoms with van der Waals surface area (Å²) in [4.78, 5) is 16.4. The Hall–Kier alpha value is -3.13. The number of amides is 1. The van der Waals surface area contributed by atoms with E-state index in [9.17, 15) is 23.1 Å². The predicted molar refractivity (Wildman–Crippen MR) is 93.1 cm³/mol. The minimum atomic E-state index is -4.40. The molecule has 27 heavy (non-hydrogen) atoms. The number of halogens is 3. The lowest BCUT2D eigenvalue weighted by Crippen LogP contribution is -2.14. The molecule has 0 saturated carbocycles. The zero-order valence-electron chi connectivity index (χ0n) is 14.1. The van der Waals surface area contributed by atoms with Gasteiger partial charge < -0.3 is 15.0 Å². The lowest BCUT2D eigenvalue weighted by atomic mass is 10.1. The quantitative estimate of drug-likeness (QED) is 0.715. The van der Waals surface area contributed by atoms with Crippen LogP contribution in [0, 0.1) is 0 Å². The van der Waals surface area contributed by atoms with Gasteiger partial charge in [-0.1, -0.05) is 30.3 Å². The third-order valence-electron chi connectivity index (χ3n) is 3.93. The predicted octanol–water partition coefficient (Wildman–Crippen LogP) is 3.69. The van der Waals surface area contributed by atoms with E-state index in [0.29, 0.717) is 16.7 Å². The van der Waals surface area contributed by atoms with Crippen LogP contribution in [0.15, 0.2) is 61.1 Å². The molecule has 0 unspecified atom stereocenters. The van der Waals surface area contributed by atoms with Crippen LogP contribution in [0.4, 0.5) is 19.0 Å². The Morgan fingerprint density at radius 1 is 1.15 bits per heavy atom. The Kier molecular flexibility index (Phi) is 5.27. The smallest absolute Gasteiger partial charge is 0.392 e. The Morgan fingerprint density at radius 3 is 2.67 bits per heavy atom. The van der Waals surface area contributed by atoms with E-state index in [1.165, 1.54) is 18.6 Å². The van der Waals surface area contributed by atoms with Crippen LogP contribution in [0.1, 0.15) is 27.0 Å². The zero-order valence-corrected chi connectivity index (χ0v) is 14.1. The van der Waals surface area contributed by atoms with Crippen LogP contribution in [0.2, 0.25) is 0 Å². The van der Waals surface area contributed by atoms with Gasteiger partial charge in [0.15, 0.2) is 5.82 Å². The number of aliphatic hydroxyl groups is 1. The van der Waals surface area contributed by atoms with Crippen molar-refractivity contribution in [3.8, 4) is 0 Å². The molecule has 0 aliphatic heterocycles. The molecule has 1 amide bonds. The van der Waals surface area contributed by atoms with Gasteiger partial charge in [-0.25, -0.2) is 4.98 Å². The van der Waals surface area contributed by atoms with E-state index < -0.39 is 17.6 Å². The van der Waals surface area contributed by atoms with Crippen molar-refractivity contribution in [3.63, 3.8) is 0 Å². The second kappa shape index (κ2) is 7.63. The molecule has 8 heteroatoms. The lowest BCUT2D eigenvalue weighted by molar-refractivity contribution is -0.137. The van der Waals surface area contributed by atoms with E-state index in [4.69, 9.17) is 0 Å². The number of aliphatic hydroxyl groups excluding tert-OH is 1. The molecule has 2 N–H and O–H groups in total. The molecule has 140 valence electrons. The first-order valence-electron chi connectivity index (χ1n) is 8.05. The normalized spacial score (nSPS) is 11.4. The number of rotatable bonds is 5. The molecule has 3 rings (SSSR count). The fraction of sp³-hybridized carbons (Fsp3) is 0.158. The molecule has 1 heterocycles. The van der Waals surface area contributed by atoms with E-state index >= 15 is 0 Å². The summed E-state index contributed by atoms with van der Waals surface area (Å²) in [5.74, 6) is -0.163. The maximum absolute atomic E-state index is 12.8. The van der Waals surface area contributed by atoms with Crippen molar-refractivity contribution in [2.75, 3.05) is 5.32 Å². The molecular weight excluding hydrogens is 359 g/mol. The standard InChI is InChI=1S/C19H16F3N3O2/c20-19(21,22)15-6-3-4-13(8-15)9-25-10-17(23-12-25)24-18(27)16-7-2-1-5-14(16)11-26/h1-8,10,12,26H,9,11H2,(H,24,27). The maximum Gasteiger partial charge on any atom is 0.416 e. The molecule has 0 spiro atoms. The Morgan fingerprint density at radius 2 is 1.93 bits per heavy atom. The molecule has 5 nitrogen and oxygen atoms in total. The number of benzene rings is 2. The SMILES string of the molecule is O=C(Nc1cn(Cc2cccc(C(F)(F)F)c2)cn1)c1ccccc1CO. The number of nitrogens with one attached hydrogen (secondary N) is 1.